The molecule has 1 aliphatic heterocycles. The number of hydrogen-bond donors (Lipinski definition) is 2. The van der Waals surface area contributed by atoms with Gasteiger partial charge in [0, 0.05) is 26.2 Å². The molecule has 0 aromatic carbocycles. The van der Waals surface area contributed by atoms with Crippen molar-refractivity contribution < 1.29 is 4.79 Å². The number of halogens is 1. The normalized spacial score (nSPS) is 16.6. The second-order valence-corrected chi connectivity index (χ2v) is 6.55. The predicted octanol–water partition coefficient (Wildman–Crippen LogP) is 1.27. The van der Waals surface area contributed by atoms with Crippen molar-refractivity contribution in [1.29, 1.82) is 0 Å². The Morgan fingerprint density at radius 3 is 2.65 bits per heavy atom. The van der Waals surface area contributed by atoms with Gasteiger partial charge in [0.25, 0.3) is 0 Å². The van der Waals surface area contributed by atoms with E-state index in [1.165, 1.54) is 0 Å². The third-order valence-corrected chi connectivity index (χ3v) is 4.48. The molecule has 1 aliphatic rings. The maximum absolute atomic E-state index is 11.9. The molecule has 1 atom stereocenters. The molecule has 130 valence electrons. The summed E-state index contributed by atoms with van der Waals surface area (Å²) in [5, 5.41) is 2.78. The maximum Gasteiger partial charge on any atom is 0.242 e. The van der Waals surface area contributed by atoms with E-state index in [9.17, 15) is 4.79 Å². The molecule has 6 nitrogen and oxygen atoms in total. The van der Waals surface area contributed by atoms with Crippen molar-refractivity contribution in [3.8, 4) is 0 Å². The standard InChI is InChI=1S/C15H25N5OS.ClH/c1-19-6-8-20(9-7-19)12-3-4-14(17-11-12)18-15(21)13(16)5-10-22-2;/h3-4,11,13H,5-10,16H2,1-2H3,(H,17,18,21);1H. The van der Waals surface area contributed by atoms with Crippen LogP contribution in [0.1, 0.15) is 6.42 Å². The highest BCUT2D eigenvalue weighted by Gasteiger charge is 2.16. The maximum atomic E-state index is 11.9. The molecule has 0 spiro atoms. The average Bonchev–Trinajstić information content (AvgIpc) is 2.54. The first-order chi connectivity index (χ1) is 10.6. The molecule has 1 fully saturated rings. The number of nitrogens with zero attached hydrogens (tertiary/aromatic N) is 3. The number of anilines is 2. The summed E-state index contributed by atoms with van der Waals surface area (Å²) in [6.45, 7) is 4.12. The summed E-state index contributed by atoms with van der Waals surface area (Å²) in [7, 11) is 2.13. The molecule has 0 saturated carbocycles. The summed E-state index contributed by atoms with van der Waals surface area (Å²) in [6.07, 6.45) is 4.49. The zero-order chi connectivity index (χ0) is 15.9. The van der Waals surface area contributed by atoms with Crippen molar-refractivity contribution in [2.75, 3.05) is 55.5 Å². The lowest BCUT2D eigenvalue weighted by Gasteiger charge is -2.33. The van der Waals surface area contributed by atoms with E-state index in [-0.39, 0.29) is 18.3 Å². The summed E-state index contributed by atoms with van der Waals surface area (Å²) >= 11 is 1.69. The second kappa shape index (κ2) is 9.97. The van der Waals surface area contributed by atoms with Gasteiger partial charge in [-0.05, 0) is 37.6 Å². The molecule has 1 aromatic heterocycles. The Labute approximate surface area is 148 Å². The summed E-state index contributed by atoms with van der Waals surface area (Å²) < 4.78 is 0. The molecule has 0 aliphatic carbocycles. The van der Waals surface area contributed by atoms with Crippen molar-refractivity contribution >= 4 is 41.6 Å². The van der Waals surface area contributed by atoms with Gasteiger partial charge in [-0.25, -0.2) is 4.98 Å². The first kappa shape index (κ1) is 20.0. The minimum absolute atomic E-state index is 0. The highest BCUT2D eigenvalue weighted by molar-refractivity contribution is 7.98. The summed E-state index contributed by atoms with van der Waals surface area (Å²) in [6, 6.07) is 3.36. The molecule has 2 rings (SSSR count). The van der Waals surface area contributed by atoms with Crippen LogP contribution >= 0.6 is 24.2 Å². The van der Waals surface area contributed by atoms with E-state index in [2.05, 4.69) is 27.1 Å². The van der Waals surface area contributed by atoms with Gasteiger partial charge in [-0.2, -0.15) is 11.8 Å². The summed E-state index contributed by atoms with van der Waals surface area (Å²) in [4.78, 5) is 20.9. The number of thioether (sulfide) groups is 1. The number of aromatic nitrogens is 1. The van der Waals surface area contributed by atoms with Gasteiger partial charge in [0.2, 0.25) is 5.91 Å². The lowest BCUT2D eigenvalue weighted by Crippen LogP contribution is -2.44. The molecule has 1 saturated heterocycles. The van der Waals surface area contributed by atoms with E-state index in [1.54, 1.807) is 11.8 Å². The van der Waals surface area contributed by atoms with Crippen molar-refractivity contribution in [3.63, 3.8) is 0 Å². The number of piperazine rings is 1. The minimum Gasteiger partial charge on any atom is -0.368 e. The van der Waals surface area contributed by atoms with Crippen LogP contribution < -0.4 is 16.0 Å². The number of rotatable bonds is 6. The molecule has 8 heteroatoms. The first-order valence-corrected chi connectivity index (χ1v) is 8.94. The van der Waals surface area contributed by atoms with E-state index in [0.29, 0.717) is 12.2 Å². The highest BCUT2D eigenvalue weighted by atomic mass is 35.5. The van der Waals surface area contributed by atoms with E-state index < -0.39 is 6.04 Å². The number of likely N-dealkylation sites (N-methyl/N-ethyl adjacent to an activating group) is 1. The molecule has 23 heavy (non-hydrogen) atoms. The SMILES string of the molecule is CSCCC(N)C(=O)Nc1ccc(N2CCN(C)CC2)cn1.Cl. The van der Waals surface area contributed by atoms with Crippen LogP contribution in [0.2, 0.25) is 0 Å². The lowest BCUT2D eigenvalue weighted by molar-refractivity contribution is -0.117. The van der Waals surface area contributed by atoms with Gasteiger partial charge in [0.05, 0.1) is 17.9 Å². The molecular formula is C15H26ClN5OS. The van der Waals surface area contributed by atoms with E-state index >= 15 is 0 Å². The zero-order valence-corrected chi connectivity index (χ0v) is 15.3. The second-order valence-electron chi connectivity index (χ2n) is 5.57. The number of hydrogen-bond acceptors (Lipinski definition) is 6. The van der Waals surface area contributed by atoms with Crippen LogP contribution in [0.25, 0.3) is 0 Å². The fraction of sp³-hybridized carbons (Fsp3) is 0.600. The molecule has 0 bridgehead atoms. The topological polar surface area (TPSA) is 74.5 Å². The van der Waals surface area contributed by atoms with Crippen LogP contribution in [0, 0.1) is 0 Å². The highest BCUT2D eigenvalue weighted by Crippen LogP contribution is 2.17. The van der Waals surface area contributed by atoms with Crippen molar-refractivity contribution in [2.45, 2.75) is 12.5 Å². The van der Waals surface area contributed by atoms with Crippen molar-refractivity contribution in [2.24, 2.45) is 5.73 Å². The van der Waals surface area contributed by atoms with Crippen LogP contribution in [0.4, 0.5) is 11.5 Å². The van der Waals surface area contributed by atoms with Crippen LogP contribution in [0.3, 0.4) is 0 Å². The van der Waals surface area contributed by atoms with Gasteiger partial charge in [0.1, 0.15) is 5.82 Å². The predicted molar refractivity (Wildman–Crippen MR) is 101 cm³/mol. The van der Waals surface area contributed by atoms with Gasteiger partial charge < -0.3 is 20.9 Å². The fourth-order valence-electron chi connectivity index (χ4n) is 2.31. The van der Waals surface area contributed by atoms with Crippen LogP contribution in [-0.4, -0.2) is 67.1 Å². The van der Waals surface area contributed by atoms with E-state index in [0.717, 1.165) is 37.6 Å². The fourth-order valence-corrected chi connectivity index (χ4v) is 2.80. The zero-order valence-electron chi connectivity index (χ0n) is 13.7. The molecule has 1 amide bonds. The lowest BCUT2D eigenvalue weighted by atomic mass is 10.2. The van der Waals surface area contributed by atoms with Crippen LogP contribution in [-0.2, 0) is 4.79 Å². The monoisotopic (exact) mass is 359 g/mol. The van der Waals surface area contributed by atoms with Crippen molar-refractivity contribution in [3.05, 3.63) is 18.3 Å². The number of amides is 1. The van der Waals surface area contributed by atoms with Gasteiger partial charge in [-0.3, -0.25) is 4.79 Å². The van der Waals surface area contributed by atoms with Gasteiger partial charge in [-0.15, -0.1) is 12.4 Å². The number of nitrogens with one attached hydrogen (secondary N) is 1. The third-order valence-electron chi connectivity index (χ3n) is 3.84. The Balaban J connectivity index is 0.00000264. The quantitative estimate of drug-likeness (QED) is 0.796. The van der Waals surface area contributed by atoms with Crippen molar-refractivity contribution in [1.82, 2.24) is 9.88 Å². The number of pyridine rings is 1. The molecule has 2 heterocycles. The first-order valence-electron chi connectivity index (χ1n) is 7.55. The Kier molecular flexibility index (Phi) is 8.68. The Bertz CT molecular complexity index is 479. The average molecular weight is 360 g/mol. The van der Waals surface area contributed by atoms with Gasteiger partial charge in [0.15, 0.2) is 0 Å². The molecular weight excluding hydrogens is 334 g/mol. The van der Waals surface area contributed by atoms with Crippen LogP contribution in [0.5, 0.6) is 0 Å². The Morgan fingerprint density at radius 2 is 2.09 bits per heavy atom. The minimum atomic E-state index is -0.480. The van der Waals surface area contributed by atoms with Gasteiger partial charge >= 0.3 is 0 Å². The number of carbonyl (C=O) groups is 1. The van der Waals surface area contributed by atoms with Gasteiger partial charge in [-0.1, -0.05) is 0 Å². The molecule has 0 radical (unpaired) electrons. The summed E-state index contributed by atoms with van der Waals surface area (Å²) in [5.74, 6) is 1.26. The van der Waals surface area contributed by atoms with E-state index in [4.69, 9.17) is 5.73 Å². The number of nitrogens with two attached hydrogens (primary N) is 1. The molecule has 1 unspecified atom stereocenters. The van der Waals surface area contributed by atoms with Crippen LogP contribution in [0.15, 0.2) is 18.3 Å². The smallest absolute Gasteiger partial charge is 0.242 e. The number of carbonyl (C=O) groups excluding carboxylic acids is 1. The Morgan fingerprint density at radius 1 is 1.39 bits per heavy atom. The molecule has 3 N–H and O–H groups in total. The summed E-state index contributed by atoms with van der Waals surface area (Å²) in [5.41, 5.74) is 6.94. The Hall–Kier alpha value is -1.02. The molecule has 1 aromatic rings. The third kappa shape index (κ3) is 6.18. The van der Waals surface area contributed by atoms with E-state index in [1.807, 2.05) is 24.6 Å². The largest absolute Gasteiger partial charge is 0.368 e.